The van der Waals surface area contributed by atoms with Gasteiger partial charge in [0.1, 0.15) is 0 Å². The predicted molar refractivity (Wildman–Crippen MR) is 104 cm³/mol. The highest BCUT2D eigenvalue weighted by Gasteiger charge is 2.20. The molecule has 2 saturated heterocycles. The Balaban J connectivity index is 1.70. The molecule has 0 saturated carbocycles. The minimum atomic E-state index is 0.0780. The molecule has 4 nitrogen and oxygen atoms in total. The summed E-state index contributed by atoms with van der Waals surface area (Å²) in [5.74, 6) is 0.156. The van der Waals surface area contributed by atoms with Crippen LogP contribution in [-0.2, 0) is 0 Å². The number of hydrogen-bond donors (Lipinski definition) is 0. The van der Waals surface area contributed by atoms with Gasteiger partial charge in [-0.15, -0.1) is 0 Å². The maximum absolute atomic E-state index is 12.9. The highest BCUT2D eigenvalue weighted by Crippen LogP contribution is 2.17. The van der Waals surface area contributed by atoms with E-state index < -0.39 is 0 Å². The lowest BCUT2D eigenvalue weighted by Gasteiger charge is -2.26. The molecule has 0 radical (unpaired) electrons. The molecule has 0 N–H and O–H groups in total. The molecule has 0 unspecified atom stereocenters. The third-order valence-corrected chi connectivity index (χ3v) is 5.64. The molecule has 2 aliphatic rings. The fraction of sp³-hybridized carbons (Fsp3) is 0.636. The van der Waals surface area contributed by atoms with Gasteiger partial charge < -0.3 is 9.80 Å². The second-order valence-corrected chi connectivity index (χ2v) is 7.70. The Kier molecular flexibility index (Phi) is 7.10. The van der Waals surface area contributed by atoms with E-state index in [1.165, 1.54) is 38.5 Å². The van der Waals surface area contributed by atoms with E-state index >= 15 is 0 Å². The summed E-state index contributed by atoms with van der Waals surface area (Å²) in [5.41, 5.74) is 1.31. The van der Waals surface area contributed by atoms with Crippen LogP contribution in [0.3, 0.4) is 0 Å². The van der Waals surface area contributed by atoms with Crippen molar-refractivity contribution in [3.63, 3.8) is 0 Å². The van der Waals surface area contributed by atoms with Gasteiger partial charge in [0.05, 0.1) is 0 Å². The minimum absolute atomic E-state index is 0.0780. The molecule has 2 amide bonds. The van der Waals surface area contributed by atoms with E-state index in [1.807, 2.05) is 34.1 Å². The van der Waals surface area contributed by atoms with Gasteiger partial charge in [-0.25, -0.2) is 0 Å². The van der Waals surface area contributed by atoms with Crippen molar-refractivity contribution in [1.82, 2.24) is 9.80 Å². The molecule has 2 fully saturated rings. The van der Waals surface area contributed by atoms with Gasteiger partial charge in [-0.2, -0.15) is 0 Å². The van der Waals surface area contributed by atoms with Gasteiger partial charge in [-0.3, -0.25) is 9.59 Å². The number of hydrogen-bond acceptors (Lipinski definition) is 2. The van der Waals surface area contributed by atoms with Gasteiger partial charge in [0.15, 0.2) is 0 Å². The SMILES string of the molecule is O=C(c1cccc(C(=O)N2CCCCCCC2)c1)N1CCCCCCC1. The van der Waals surface area contributed by atoms with Crippen LogP contribution in [0.25, 0.3) is 0 Å². The number of amides is 2. The average Bonchev–Trinajstić information content (AvgIpc) is 2.60. The van der Waals surface area contributed by atoms with Gasteiger partial charge in [-0.05, 0) is 43.9 Å². The third-order valence-electron chi connectivity index (χ3n) is 5.64. The maximum Gasteiger partial charge on any atom is 0.253 e. The first-order chi connectivity index (χ1) is 12.8. The molecule has 1 aromatic carbocycles. The number of carbonyl (C=O) groups excluding carboxylic acids is 2. The lowest BCUT2D eigenvalue weighted by atomic mass is 10.0. The van der Waals surface area contributed by atoms with E-state index in [0.717, 1.165) is 51.9 Å². The molecule has 2 aliphatic heterocycles. The van der Waals surface area contributed by atoms with Crippen LogP contribution >= 0.6 is 0 Å². The van der Waals surface area contributed by atoms with Crippen LogP contribution in [0, 0.1) is 0 Å². The lowest BCUT2D eigenvalue weighted by Crippen LogP contribution is -2.35. The van der Waals surface area contributed by atoms with E-state index in [-0.39, 0.29) is 11.8 Å². The second kappa shape index (κ2) is 9.75. The summed E-state index contributed by atoms with van der Waals surface area (Å²) in [7, 11) is 0. The van der Waals surface area contributed by atoms with Crippen LogP contribution in [-0.4, -0.2) is 47.8 Å². The fourth-order valence-electron chi connectivity index (χ4n) is 4.05. The molecule has 26 heavy (non-hydrogen) atoms. The second-order valence-electron chi connectivity index (χ2n) is 7.70. The summed E-state index contributed by atoms with van der Waals surface area (Å²) in [6, 6.07) is 7.37. The number of carbonyl (C=O) groups is 2. The summed E-state index contributed by atoms with van der Waals surface area (Å²) >= 11 is 0. The number of nitrogens with zero attached hydrogens (tertiary/aromatic N) is 2. The first kappa shape index (κ1) is 18.9. The van der Waals surface area contributed by atoms with E-state index in [9.17, 15) is 9.59 Å². The summed E-state index contributed by atoms with van der Waals surface area (Å²) in [5, 5.41) is 0. The molecule has 0 aliphatic carbocycles. The first-order valence-corrected chi connectivity index (χ1v) is 10.4. The summed E-state index contributed by atoms with van der Waals surface area (Å²) in [4.78, 5) is 29.8. The van der Waals surface area contributed by atoms with Gasteiger partial charge in [0.2, 0.25) is 0 Å². The summed E-state index contributed by atoms with van der Waals surface area (Å²) in [6.07, 6.45) is 11.7. The molecular weight excluding hydrogens is 324 g/mol. The van der Waals surface area contributed by atoms with Crippen molar-refractivity contribution in [2.75, 3.05) is 26.2 Å². The highest BCUT2D eigenvalue weighted by molar-refractivity contribution is 5.99. The van der Waals surface area contributed by atoms with Crippen LogP contribution in [0.4, 0.5) is 0 Å². The Morgan fingerprint density at radius 1 is 0.577 bits per heavy atom. The lowest BCUT2D eigenvalue weighted by molar-refractivity contribution is 0.0741. The Morgan fingerprint density at radius 2 is 0.923 bits per heavy atom. The molecule has 4 heteroatoms. The van der Waals surface area contributed by atoms with Crippen molar-refractivity contribution < 1.29 is 9.59 Å². The van der Waals surface area contributed by atoms with Crippen molar-refractivity contribution in [3.8, 4) is 0 Å². The van der Waals surface area contributed by atoms with Gasteiger partial charge >= 0.3 is 0 Å². The Hall–Kier alpha value is -1.84. The average molecular weight is 357 g/mol. The highest BCUT2D eigenvalue weighted by atomic mass is 16.2. The Labute approximate surface area is 157 Å². The minimum Gasteiger partial charge on any atom is -0.339 e. The van der Waals surface area contributed by atoms with Crippen molar-refractivity contribution in [3.05, 3.63) is 35.4 Å². The van der Waals surface area contributed by atoms with Crippen LogP contribution in [0.1, 0.15) is 84.9 Å². The van der Waals surface area contributed by atoms with Crippen LogP contribution in [0.2, 0.25) is 0 Å². The molecular formula is C22H32N2O2. The zero-order valence-corrected chi connectivity index (χ0v) is 15.9. The molecule has 142 valence electrons. The topological polar surface area (TPSA) is 40.6 Å². The third kappa shape index (κ3) is 5.09. The summed E-state index contributed by atoms with van der Waals surface area (Å²) in [6.45, 7) is 3.35. The quantitative estimate of drug-likeness (QED) is 0.783. The van der Waals surface area contributed by atoms with Crippen LogP contribution in [0.5, 0.6) is 0 Å². The molecule has 0 bridgehead atoms. The van der Waals surface area contributed by atoms with Crippen LogP contribution in [0.15, 0.2) is 24.3 Å². The van der Waals surface area contributed by atoms with E-state index in [2.05, 4.69) is 0 Å². The number of benzene rings is 1. The van der Waals surface area contributed by atoms with E-state index in [4.69, 9.17) is 0 Å². The maximum atomic E-state index is 12.9. The van der Waals surface area contributed by atoms with E-state index in [1.54, 1.807) is 0 Å². The normalized spacial score (nSPS) is 19.8. The van der Waals surface area contributed by atoms with Crippen molar-refractivity contribution >= 4 is 11.8 Å². The standard InChI is InChI=1S/C22H32N2O2/c25-21(23-14-7-3-1-4-8-15-23)19-12-11-13-20(18-19)22(26)24-16-9-5-2-6-10-17-24/h11-13,18H,1-10,14-17H2. The first-order valence-electron chi connectivity index (χ1n) is 10.4. The molecule has 2 heterocycles. The zero-order chi connectivity index (χ0) is 18.2. The molecule has 1 aromatic rings. The van der Waals surface area contributed by atoms with Crippen LogP contribution < -0.4 is 0 Å². The van der Waals surface area contributed by atoms with Crippen molar-refractivity contribution in [1.29, 1.82) is 0 Å². The van der Waals surface area contributed by atoms with Crippen molar-refractivity contribution in [2.45, 2.75) is 64.2 Å². The largest absolute Gasteiger partial charge is 0.339 e. The fourth-order valence-corrected chi connectivity index (χ4v) is 4.05. The molecule has 0 atom stereocenters. The predicted octanol–water partition coefficient (Wildman–Crippen LogP) is 4.50. The number of likely N-dealkylation sites (tertiary alicyclic amines) is 2. The summed E-state index contributed by atoms with van der Waals surface area (Å²) < 4.78 is 0. The van der Waals surface area contributed by atoms with Gasteiger partial charge in [0, 0.05) is 37.3 Å². The zero-order valence-electron chi connectivity index (χ0n) is 15.9. The smallest absolute Gasteiger partial charge is 0.253 e. The number of rotatable bonds is 2. The Morgan fingerprint density at radius 3 is 1.31 bits per heavy atom. The van der Waals surface area contributed by atoms with Crippen molar-refractivity contribution in [2.24, 2.45) is 0 Å². The van der Waals surface area contributed by atoms with Gasteiger partial charge in [-0.1, -0.05) is 44.6 Å². The monoisotopic (exact) mass is 356 g/mol. The molecule has 0 aromatic heterocycles. The molecule has 0 spiro atoms. The van der Waals surface area contributed by atoms with E-state index in [0.29, 0.717) is 11.1 Å². The Bertz CT molecular complexity index is 549. The molecule has 3 rings (SSSR count). The van der Waals surface area contributed by atoms with Gasteiger partial charge in [0.25, 0.3) is 11.8 Å².